The summed E-state index contributed by atoms with van der Waals surface area (Å²) < 4.78 is 5.18. The number of likely N-dealkylation sites (N-methyl/N-ethyl adjacent to an activating group) is 1. The zero-order valence-corrected chi connectivity index (χ0v) is 14.1. The topological polar surface area (TPSA) is 70.2 Å². The molecule has 0 saturated heterocycles. The highest BCUT2D eigenvalue weighted by Crippen LogP contribution is 2.20. The van der Waals surface area contributed by atoms with E-state index in [9.17, 15) is 4.79 Å². The Morgan fingerprint density at radius 2 is 2.04 bits per heavy atom. The van der Waals surface area contributed by atoms with Crippen LogP contribution in [-0.2, 0) is 6.42 Å². The highest BCUT2D eigenvalue weighted by molar-refractivity contribution is 5.92. The zero-order chi connectivity index (χ0) is 16.8. The third kappa shape index (κ3) is 4.32. The van der Waals surface area contributed by atoms with Crippen LogP contribution in [0.25, 0.3) is 0 Å². The first-order valence-electron chi connectivity index (χ1n) is 7.68. The summed E-state index contributed by atoms with van der Waals surface area (Å²) in [6.07, 6.45) is 0.826. The molecule has 1 aromatic carbocycles. The maximum atomic E-state index is 12.2. The van der Waals surface area contributed by atoms with Crippen LogP contribution in [0.2, 0.25) is 0 Å². The van der Waals surface area contributed by atoms with Crippen LogP contribution in [-0.4, -0.2) is 48.8 Å². The molecular formula is C17H24N4O2. The quantitative estimate of drug-likeness (QED) is 0.820. The Labute approximate surface area is 136 Å². The van der Waals surface area contributed by atoms with Gasteiger partial charge in [0.05, 0.1) is 13.2 Å². The largest absolute Gasteiger partial charge is 0.497 e. The fourth-order valence-electron chi connectivity index (χ4n) is 2.36. The monoisotopic (exact) mass is 316 g/mol. The number of rotatable bonds is 7. The molecule has 6 nitrogen and oxygen atoms in total. The molecule has 1 heterocycles. The van der Waals surface area contributed by atoms with Gasteiger partial charge < -0.3 is 15.0 Å². The molecule has 0 fully saturated rings. The molecule has 0 spiro atoms. The lowest BCUT2D eigenvalue weighted by Crippen LogP contribution is -2.34. The maximum Gasteiger partial charge on any atom is 0.271 e. The Balaban J connectivity index is 2.02. The van der Waals surface area contributed by atoms with Crippen LogP contribution in [0.15, 0.2) is 30.3 Å². The van der Waals surface area contributed by atoms with E-state index >= 15 is 0 Å². The van der Waals surface area contributed by atoms with E-state index in [-0.39, 0.29) is 11.9 Å². The van der Waals surface area contributed by atoms with Crippen molar-refractivity contribution in [3.8, 4) is 5.75 Å². The average Bonchev–Trinajstić information content (AvgIpc) is 3.04. The second kappa shape index (κ2) is 7.78. The van der Waals surface area contributed by atoms with Gasteiger partial charge in [0.2, 0.25) is 0 Å². The van der Waals surface area contributed by atoms with E-state index in [1.165, 1.54) is 0 Å². The smallest absolute Gasteiger partial charge is 0.271 e. The lowest BCUT2D eigenvalue weighted by Gasteiger charge is -2.25. The van der Waals surface area contributed by atoms with Gasteiger partial charge in [0.15, 0.2) is 0 Å². The van der Waals surface area contributed by atoms with Crippen LogP contribution in [0, 0.1) is 0 Å². The number of aromatic amines is 1. The van der Waals surface area contributed by atoms with E-state index in [2.05, 4.69) is 20.4 Å². The minimum absolute atomic E-state index is 0.0782. The van der Waals surface area contributed by atoms with Crippen molar-refractivity contribution in [2.45, 2.75) is 19.4 Å². The number of amides is 1. The highest BCUT2D eigenvalue weighted by atomic mass is 16.5. The fraction of sp³-hybridized carbons (Fsp3) is 0.412. The Kier molecular flexibility index (Phi) is 5.76. The van der Waals surface area contributed by atoms with E-state index in [1.807, 2.05) is 45.3 Å². The van der Waals surface area contributed by atoms with Gasteiger partial charge in [-0.05, 0) is 44.3 Å². The minimum Gasteiger partial charge on any atom is -0.497 e. The number of carbonyl (C=O) groups excluding carboxylic acids is 1. The molecule has 0 radical (unpaired) electrons. The van der Waals surface area contributed by atoms with E-state index in [0.29, 0.717) is 12.2 Å². The van der Waals surface area contributed by atoms with E-state index in [1.54, 1.807) is 13.2 Å². The molecule has 0 aliphatic rings. The van der Waals surface area contributed by atoms with Crippen molar-refractivity contribution in [3.05, 3.63) is 47.3 Å². The van der Waals surface area contributed by atoms with Crippen LogP contribution < -0.4 is 10.1 Å². The van der Waals surface area contributed by atoms with Gasteiger partial charge in [-0.15, -0.1) is 0 Å². The van der Waals surface area contributed by atoms with Crippen molar-refractivity contribution < 1.29 is 9.53 Å². The van der Waals surface area contributed by atoms with Crippen molar-refractivity contribution in [3.63, 3.8) is 0 Å². The van der Waals surface area contributed by atoms with Crippen molar-refractivity contribution in [1.29, 1.82) is 0 Å². The molecule has 0 bridgehead atoms. The summed E-state index contributed by atoms with van der Waals surface area (Å²) in [7, 11) is 5.63. The zero-order valence-electron chi connectivity index (χ0n) is 14.1. The second-order valence-electron chi connectivity index (χ2n) is 5.59. The molecular weight excluding hydrogens is 292 g/mol. The van der Waals surface area contributed by atoms with Gasteiger partial charge in [-0.25, -0.2) is 0 Å². The highest BCUT2D eigenvalue weighted by Gasteiger charge is 2.17. The number of nitrogens with zero attached hydrogens (tertiary/aromatic N) is 2. The van der Waals surface area contributed by atoms with Gasteiger partial charge >= 0.3 is 0 Å². The van der Waals surface area contributed by atoms with Gasteiger partial charge in [0, 0.05) is 12.2 Å². The Morgan fingerprint density at radius 3 is 2.57 bits per heavy atom. The summed E-state index contributed by atoms with van der Waals surface area (Å²) in [5.74, 6) is 0.653. The predicted octanol–water partition coefficient (Wildman–Crippen LogP) is 2.01. The first kappa shape index (κ1) is 17.0. The molecule has 0 aliphatic heterocycles. The predicted molar refractivity (Wildman–Crippen MR) is 89.7 cm³/mol. The molecule has 1 atom stereocenters. The normalized spacial score (nSPS) is 12.2. The third-order valence-electron chi connectivity index (χ3n) is 3.82. The van der Waals surface area contributed by atoms with E-state index in [4.69, 9.17) is 4.74 Å². The van der Waals surface area contributed by atoms with E-state index < -0.39 is 0 Å². The molecule has 2 rings (SSSR count). The summed E-state index contributed by atoms with van der Waals surface area (Å²) in [6, 6.07) is 9.74. The summed E-state index contributed by atoms with van der Waals surface area (Å²) in [5.41, 5.74) is 2.50. The van der Waals surface area contributed by atoms with Gasteiger partial charge in [-0.3, -0.25) is 9.89 Å². The van der Waals surface area contributed by atoms with E-state index in [0.717, 1.165) is 23.4 Å². The molecule has 2 aromatic rings. The summed E-state index contributed by atoms with van der Waals surface area (Å²) in [6.45, 7) is 2.52. The number of benzene rings is 1. The molecule has 1 amide bonds. The average molecular weight is 316 g/mol. The van der Waals surface area contributed by atoms with Crippen LogP contribution >= 0.6 is 0 Å². The Morgan fingerprint density at radius 1 is 1.35 bits per heavy atom. The number of carbonyl (C=O) groups is 1. The number of aromatic nitrogens is 2. The van der Waals surface area contributed by atoms with Crippen LogP contribution in [0.5, 0.6) is 5.75 Å². The molecule has 0 saturated carbocycles. The number of aryl methyl sites for hydroxylation is 1. The molecule has 0 aliphatic carbocycles. The number of H-pyrrole nitrogens is 1. The van der Waals surface area contributed by atoms with Gasteiger partial charge in [-0.1, -0.05) is 19.1 Å². The fourth-order valence-corrected chi connectivity index (χ4v) is 2.36. The number of hydrogen-bond acceptors (Lipinski definition) is 4. The number of methoxy groups -OCH3 is 1. The lowest BCUT2D eigenvalue weighted by molar-refractivity contribution is 0.0937. The van der Waals surface area contributed by atoms with Crippen LogP contribution in [0.1, 0.15) is 34.7 Å². The molecule has 2 N–H and O–H groups in total. The SMILES string of the molecule is CCc1cc(C(=O)NC[C@@H](c2ccc(OC)cc2)N(C)C)n[nH]1. The lowest BCUT2D eigenvalue weighted by atomic mass is 10.1. The molecule has 23 heavy (non-hydrogen) atoms. The Bertz CT molecular complexity index is 634. The molecule has 1 aromatic heterocycles. The standard InChI is InChI=1S/C17H24N4O2/c1-5-13-10-15(20-19-13)17(22)18-11-16(21(2)3)12-6-8-14(23-4)9-7-12/h6-10,16H,5,11H2,1-4H3,(H,18,22)(H,19,20)/t16-/m0/s1. The molecule has 6 heteroatoms. The van der Waals surface area contributed by atoms with Crippen molar-refractivity contribution in [1.82, 2.24) is 20.4 Å². The molecule has 0 unspecified atom stereocenters. The third-order valence-corrected chi connectivity index (χ3v) is 3.82. The number of hydrogen-bond donors (Lipinski definition) is 2. The minimum atomic E-state index is -0.165. The summed E-state index contributed by atoms with van der Waals surface area (Å²) >= 11 is 0. The van der Waals surface area contributed by atoms with Gasteiger partial charge in [0.25, 0.3) is 5.91 Å². The maximum absolute atomic E-state index is 12.2. The van der Waals surface area contributed by atoms with Gasteiger partial charge in [0.1, 0.15) is 11.4 Å². The molecule has 124 valence electrons. The van der Waals surface area contributed by atoms with Crippen molar-refractivity contribution in [2.75, 3.05) is 27.7 Å². The summed E-state index contributed by atoms with van der Waals surface area (Å²) in [4.78, 5) is 14.3. The first-order chi connectivity index (χ1) is 11.0. The van der Waals surface area contributed by atoms with Crippen LogP contribution in [0.4, 0.5) is 0 Å². The van der Waals surface area contributed by atoms with Crippen molar-refractivity contribution in [2.24, 2.45) is 0 Å². The number of nitrogens with one attached hydrogen (secondary N) is 2. The number of ether oxygens (including phenoxy) is 1. The second-order valence-corrected chi connectivity index (χ2v) is 5.59. The van der Waals surface area contributed by atoms with Crippen molar-refractivity contribution >= 4 is 5.91 Å². The van der Waals surface area contributed by atoms with Crippen LogP contribution in [0.3, 0.4) is 0 Å². The summed E-state index contributed by atoms with van der Waals surface area (Å²) in [5, 5.41) is 9.84. The first-order valence-corrected chi connectivity index (χ1v) is 7.68. The van der Waals surface area contributed by atoms with Gasteiger partial charge in [-0.2, -0.15) is 5.10 Å². The Hall–Kier alpha value is -2.34.